The van der Waals surface area contributed by atoms with Crippen LogP contribution in [-0.4, -0.2) is 44.2 Å². The minimum Gasteiger partial charge on any atom is -0.491 e. The molecular formula is C21H27N3O3S2. The molecule has 0 saturated carbocycles. The maximum atomic E-state index is 10.7. The molecule has 1 atom stereocenters. The average Bonchev–Trinajstić information content (AvgIpc) is 3.31. The summed E-state index contributed by atoms with van der Waals surface area (Å²) in [6.45, 7) is 6.56. The Morgan fingerprint density at radius 1 is 1.28 bits per heavy atom. The maximum Gasteiger partial charge on any atom is 0.119 e. The third-order valence-corrected chi connectivity index (χ3v) is 7.31. The average molecular weight is 434 g/mol. The number of nitrogens with one attached hydrogen (secondary N) is 1. The molecule has 0 unspecified atom stereocenters. The number of thiophene rings is 1. The molecule has 156 valence electrons. The van der Waals surface area contributed by atoms with Crippen LogP contribution in [0.2, 0.25) is 0 Å². The van der Waals surface area contributed by atoms with Crippen molar-refractivity contribution in [3.8, 4) is 5.75 Å². The van der Waals surface area contributed by atoms with Gasteiger partial charge < -0.3 is 4.74 Å². The van der Waals surface area contributed by atoms with Crippen molar-refractivity contribution in [1.82, 2.24) is 14.6 Å². The summed E-state index contributed by atoms with van der Waals surface area (Å²) in [6, 6.07) is 12.0. The zero-order valence-corrected chi connectivity index (χ0v) is 18.2. The molecule has 29 heavy (non-hydrogen) atoms. The molecule has 1 aromatic carbocycles. The van der Waals surface area contributed by atoms with E-state index in [2.05, 4.69) is 26.7 Å². The van der Waals surface area contributed by atoms with Crippen molar-refractivity contribution >= 4 is 32.3 Å². The zero-order valence-electron chi connectivity index (χ0n) is 16.6. The van der Waals surface area contributed by atoms with E-state index < -0.39 is 10.8 Å². The number of hydrogen-bond donors (Lipinski definition) is 3. The second-order valence-corrected chi connectivity index (χ2v) is 10.4. The number of ether oxygens (including phenoxy) is 1. The Labute approximate surface area is 177 Å². The number of pyridine rings is 1. The van der Waals surface area contributed by atoms with E-state index in [1.54, 1.807) is 17.5 Å². The summed E-state index contributed by atoms with van der Waals surface area (Å²) in [5.41, 5.74) is 2.10. The second kappa shape index (κ2) is 8.59. The van der Waals surface area contributed by atoms with E-state index in [1.165, 1.54) is 5.56 Å². The van der Waals surface area contributed by atoms with Gasteiger partial charge in [0.25, 0.3) is 0 Å². The molecule has 0 amide bonds. The van der Waals surface area contributed by atoms with Gasteiger partial charge in [-0.1, -0.05) is 12.1 Å². The minimum atomic E-state index is -3.08. The lowest BCUT2D eigenvalue weighted by atomic mass is 10.2. The number of nitrogens with zero attached hydrogens (tertiary/aromatic N) is 2. The smallest absolute Gasteiger partial charge is 0.119 e. The lowest BCUT2D eigenvalue weighted by Gasteiger charge is -2.35. The summed E-state index contributed by atoms with van der Waals surface area (Å²) in [5, 5.41) is 1.96. The van der Waals surface area contributed by atoms with Crippen LogP contribution in [0, 0.1) is 0 Å². The van der Waals surface area contributed by atoms with E-state index in [4.69, 9.17) is 4.74 Å². The van der Waals surface area contributed by atoms with Gasteiger partial charge in [0, 0.05) is 25.7 Å². The predicted molar refractivity (Wildman–Crippen MR) is 120 cm³/mol. The van der Waals surface area contributed by atoms with E-state index in [1.807, 2.05) is 43.5 Å². The summed E-state index contributed by atoms with van der Waals surface area (Å²) in [5.74, 6) is 0.884. The fraction of sp³-hybridized carbons (Fsp3) is 0.381. The maximum absolute atomic E-state index is 10.7. The van der Waals surface area contributed by atoms with E-state index >= 15 is 0 Å². The molecule has 1 saturated heterocycles. The van der Waals surface area contributed by atoms with Crippen LogP contribution in [-0.2, 0) is 6.54 Å². The van der Waals surface area contributed by atoms with Crippen molar-refractivity contribution in [1.29, 1.82) is 0 Å². The van der Waals surface area contributed by atoms with E-state index in [0.29, 0.717) is 4.90 Å². The lowest BCUT2D eigenvalue weighted by molar-refractivity contribution is 0.242. The molecule has 3 heterocycles. The number of aromatic nitrogens is 1. The highest BCUT2D eigenvalue weighted by Crippen LogP contribution is 2.46. The normalized spacial score (nSPS) is 18.6. The van der Waals surface area contributed by atoms with Crippen LogP contribution in [0.3, 0.4) is 0 Å². The van der Waals surface area contributed by atoms with Gasteiger partial charge in [-0.25, -0.2) is 4.72 Å². The lowest BCUT2D eigenvalue weighted by Crippen LogP contribution is -2.34. The number of fused-ring (bicyclic) bond motifs is 1. The molecule has 1 aliphatic heterocycles. The molecular weight excluding hydrogens is 406 g/mol. The standard InChI is InChI=1S/C21H27N3O3S2/c1-15(2)27-18-5-3-16(4-6-18)13-24-9-7-17(14-24)23-29(25,26)19-11-21-20(22-12-19)8-10-28-21/h3-6,8,10-12,15,17,23,25-26H,7,9,13-14H2,1-2H3/t17-/m1/s1. The largest absolute Gasteiger partial charge is 0.491 e. The summed E-state index contributed by atoms with van der Waals surface area (Å²) < 4.78 is 31.1. The van der Waals surface area contributed by atoms with Gasteiger partial charge >= 0.3 is 0 Å². The molecule has 1 fully saturated rings. The molecule has 0 spiro atoms. The topological polar surface area (TPSA) is 77.9 Å². The summed E-state index contributed by atoms with van der Waals surface area (Å²) >= 11 is 1.55. The SMILES string of the molecule is CC(C)Oc1ccc(CN2CC[C@@H](NS(O)(O)c3cnc4ccsc4c3)C2)cc1. The van der Waals surface area contributed by atoms with Gasteiger partial charge in [0.05, 0.1) is 27.4 Å². The Hall–Kier alpha value is -1.68. The highest BCUT2D eigenvalue weighted by Gasteiger charge is 2.28. The van der Waals surface area contributed by atoms with Crippen LogP contribution in [0.25, 0.3) is 10.2 Å². The first-order valence-corrected chi connectivity index (χ1v) is 12.2. The van der Waals surface area contributed by atoms with Gasteiger partial charge in [0.15, 0.2) is 0 Å². The number of hydrogen-bond acceptors (Lipinski definition) is 7. The fourth-order valence-electron chi connectivity index (χ4n) is 3.56. The molecule has 3 N–H and O–H groups in total. The molecule has 6 nitrogen and oxygen atoms in total. The van der Waals surface area contributed by atoms with Crippen molar-refractivity contribution in [2.24, 2.45) is 0 Å². The molecule has 3 aromatic rings. The monoisotopic (exact) mass is 433 g/mol. The quantitative estimate of drug-likeness (QED) is 0.488. The molecule has 2 aromatic heterocycles. The molecule has 1 aliphatic rings. The van der Waals surface area contributed by atoms with Gasteiger partial charge in [-0.05, 0) is 55.5 Å². The van der Waals surface area contributed by atoms with Gasteiger partial charge in [0.1, 0.15) is 5.75 Å². The molecule has 0 bridgehead atoms. The summed E-state index contributed by atoms with van der Waals surface area (Å²) in [4.78, 5) is 7.10. The van der Waals surface area contributed by atoms with Crippen molar-refractivity contribution in [3.05, 3.63) is 53.5 Å². The Balaban J connectivity index is 1.34. The Bertz CT molecular complexity index is 959. The van der Waals surface area contributed by atoms with Crippen molar-refractivity contribution in [2.45, 2.75) is 43.9 Å². The highest BCUT2D eigenvalue weighted by molar-refractivity contribution is 8.22. The van der Waals surface area contributed by atoms with Crippen molar-refractivity contribution in [3.63, 3.8) is 0 Å². The van der Waals surface area contributed by atoms with Gasteiger partial charge in [-0.15, -0.1) is 22.1 Å². The fourth-order valence-corrected chi connectivity index (χ4v) is 5.69. The number of rotatable bonds is 7. The van der Waals surface area contributed by atoms with E-state index in [-0.39, 0.29) is 12.1 Å². The van der Waals surface area contributed by atoms with Gasteiger partial charge in [-0.2, -0.15) is 0 Å². The number of likely N-dealkylation sites (tertiary alicyclic amines) is 1. The zero-order chi connectivity index (χ0) is 20.4. The summed E-state index contributed by atoms with van der Waals surface area (Å²) in [7, 11) is -3.08. The van der Waals surface area contributed by atoms with Crippen LogP contribution in [0.15, 0.2) is 52.9 Å². The second-order valence-electron chi connectivity index (χ2n) is 7.67. The van der Waals surface area contributed by atoms with Crippen LogP contribution in [0.5, 0.6) is 5.75 Å². The van der Waals surface area contributed by atoms with Crippen LogP contribution in [0.1, 0.15) is 25.8 Å². The first-order chi connectivity index (χ1) is 13.9. The van der Waals surface area contributed by atoms with Crippen molar-refractivity contribution in [2.75, 3.05) is 13.1 Å². The molecule has 4 rings (SSSR count). The first kappa shape index (κ1) is 20.6. The first-order valence-electron chi connectivity index (χ1n) is 9.76. The van der Waals surface area contributed by atoms with E-state index in [0.717, 1.165) is 42.0 Å². The molecule has 0 radical (unpaired) electrons. The Morgan fingerprint density at radius 2 is 2.07 bits per heavy atom. The minimum absolute atomic E-state index is 0.0302. The summed E-state index contributed by atoms with van der Waals surface area (Å²) in [6.07, 6.45) is 2.60. The molecule has 8 heteroatoms. The van der Waals surface area contributed by atoms with Crippen LogP contribution in [0.4, 0.5) is 0 Å². The predicted octanol–water partition coefficient (Wildman–Crippen LogP) is 4.97. The van der Waals surface area contributed by atoms with Crippen LogP contribution >= 0.6 is 22.1 Å². The van der Waals surface area contributed by atoms with Gasteiger partial charge in [0.2, 0.25) is 0 Å². The Kier molecular flexibility index (Phi) is 6.10. The third-order valence-electron chi connectivity index (χ3n) is 4.91. The molecule has 0 aliphatic carbocycles. The van der Waals surface area contributed by atoms with Gasteiger partial charge in [-0.3, -0.25) is 19.0 Å². The van der Waals surface area contributed by atoms with Crippen LogP contribution < -0.4 is 9.46 Å². The third kappa shape index (κ3) is 5.09. The number of benzene rings is 1. The highest BCUT2D eigenvalue weighted by atomic mass is 32.3. The Morgan fingerprint density at radius 3 is 2.83 bits per heavy atom. The van der Waals surface area contributed by atoms with Crippen molar-refractivity contribution < 1.29 is 13.8 Å². The van der Waals surface area contributed by atoms with E-state index in [9.17, 15) is 9.11 Å².